The minimum atomic E-state index is -0.462. The number of benzene rings is 1. The van der Waals surface area contributed by atoms with E-state index >= 15 is 0 Å². The van der Waals surface area contributed by atoms with Crippen LogP contribution in [-0.4, -0.2) is 60.5 Å². The Balaban J connectivity index is 1.52. The van der Waals surface area contributed by atoms with Gasteiger partial charge in [-0.15, -0.1) is 0 Å². The lowest BCUT2D eigenvalue weighted by Gasteiger charge is -2.35. The number of amides is 2. The molecule has 0 bridgehead atoms. The molecule has 0 radical (unpaired) electrons. The van der Waals surface area contributed by atoms with Gasteiger partial charge in [0.2, 0.25) is 0 Å². The first-order chi connectivity index (χ1) is 13.9. The van der Waals surface area contributed by atoms with Crippen LogP contribution in [0.15, 0.2) is 42.6 Å². The Bertz CT molecular complexity index is 873. The van der Waals surface area contributed by atoms with Gasteiger partial charge in [-0.25, -0.2) is 4.98 Å². The molecule has 2 heterocycles. The number of hydrogen-bond donors (Lipinski definition) is 1. The largest absolute Gasteiger partial charge is 0.456 e. The van der Waals surface area contributed by atoms with E-state index < -0.39 is 5.97 Å². The van der Waals surface area contributed by atoms with Crippen molar-refractivity contribution >= 4 is 29.3 Å². The molecule has 1 saturated heterocycles. The molecule has 0 aliphatic carbocycles. The number of esters is 1. The Labute approximate surface area is 169 Å². The first-order valence-electron chi connectivity index (χ1n) is 9.42. The van der Waals surface area contributed by atoms with E-state index in [0.29, 0.717) is 37.4 Å². The molecule has 0 spiro atoms. The summed E-state index contributed by atoms with van der Waals surface area (Å²) in [6.07, 6.45) is 1.62. The van der Waals surface area contributed by atoms with E-state index in [1.807, 2.05) is 31.2 Å². The number of carbonyl (C=O) groups is 3. The van der Waals surface area contributed by atoms with E-state index in [-0.39, 0.29) is 18.4 Å². The number of carbonyl (C=O) groups excluding carboxylic acids is 3. The molecule has 8 heteroatoms. The van der Waals surface area contributed by atoms with Crippen LogP contribution in [0.5, 0.6) is 0 Å². The van der Waals surface area contributed by atoms with Crippen molar-refractivity contribution in [2.24, 2.45) is 0 Å². The zero-order valence-electron chi connectivity index (χ0n) is 16.6. The molecule has 0 saturated carbocycles. The van der Waals surface area contributed by atoms with Crippen LogP contribution in [0.4, 0.5) is 11.5 Å². The second-order valence-corrected chi connectivity index (χ2v) is 6.87. The van der Waals surface area contributed by atoms with Gasteiger partial charge in [0.15, 0.2) is 6.61 Å². The van der Waals surface area contributed by atoms with Crippen LogP contribution in [0.1, 0.15) is 22.8 Å². The number of nitrogens with zero attached hydrogens (tertiary/aromatic N) is 3. The van der Waals surface area contributed by atoms with Crippen LogP contribution in [0.25, 0.3) is 0 Å². The average molecular weight is 396 g/mol. The summed E-state index contributed by atoms with van der Waals surface area (Å²) >= 11 is 0. The molecule has 1 aromatic heterocycles. The summed E-state index contributed by atoms with van der Waals surface area (Å²) in [5.41, 5.74) is 2.31. The highest BCUT2D eigenvalue weighted by Crippen LogP contribution is 2.17. The van der Waals surface area contributed by atoms with Gasteiger partial charge in [0.25, 0.3) is 11.8 Å². The highest BCUT2D eigenvalue weighted by atomic mass is 16.5. The van der Waals surface area contributed by atoms with Gasteiger partial charge >= 0.3 is 5.97 Å². The van der Waals surface area contributed by atoms with Crippen molar-refractivity contribution in [3.05, 3.63) is 53.7 Å². The van der Waals surface area contributed by atoms with Gasteiger partial charge in [-0.3, -0.25) is 14.4 Å². The number of hydrogen-bond acceptors (Lipinski definition) is 6. The molecular formula is C21H24N4O4. The summed E-state index contributed by atoms with van der Waals surface area (Å²) in [6, 6.07) is 11.0. The van der Waals surface area contributed by atoms with Crippen molar-refractivity contribution in [2.75, 3.05) is 43.0 Å². The Morgan fingerprint density at radius 3 is 2.31 bits per heavy atom. The topological polar surface area (TPSA) is 91.8 Å². The molecule has 1 aliphatic rings. The maximum absolute atomic E-state index is 12.3. The number of aromatic nitrogens is 1. The number of nitrogens with one attached hydrogen (secondary N) is 1. The van der Waals surface area contributed by atoms with E-state index in [9.17, 15) is 14.4 Å². The molecule has 2 amide bonds. The highest BCUT2D eigenvalue weighted by molar-refractivity contribution is 6.04. The summed E-state index contributed by atoms with van der Waals surface area (Å²) in [4.78, 5) is 43.3. The van der Waals surface area contributed by atoms with Crippen LogP contribution in [0, 0.1) is 6.92 Å². The van der Waals surface area contributed by atoms with Gasteiger partial charge < -0.3 is 19.9 Å². The van der Waals surface area contributed by atoms with E-state index in [1.54, 1.807) is 23.2 Å². The summed E-state index contributed by atoms with van der Waals surface area (Å²) in [5.74, 6) is -0.0532. The van der Waals surface area contributed by atoms with Gasteiger partial charge in [0, 0.05) is 38.7 Å². The minimum absolute atomic E-state index is 0.181. The zero-order valence-corrected chi connectivity index (χ0v) is 16.6. The molecule has 1 N–H and O–H groups in total. The van der Waals surface area contributed by atoms with Gasteiger partial charge in [0.1, 0.15) is 5.82 Å². The third kappa shape index (κ3) is 5.54. The first-order valence-corrected chi connectivity index (χ1v) is 9.42. The number of ether oxygens (including phenoxy) is 1. The number of anilines is 2. The lowest BCUT2D eigenvalue weighted by atomic mass is 10.1. The molecule has 2 aromatic rings. The number of piperazine rings is 1. The van der Waals surface area contributed by atoms with Gasteiger partial charge in [0.05, 0.1) is 11.9 Å². The quantitative estimate of drug-likeness (QED) is 0.776. The number of aryl methyl sites for hydroxylation is 1. The van der Waals surface area contributed by atoms with E-state index in [1.165, 1.54) is 6.92 Å². The second-order valence-electron chi connectivity index (χ2n) is 6.87. The fraction of sp³-hybridized carbons (Fsp3) is 0.333. The zero-order chi connectivity index (χ0) is 20.8. The van der Waals surface area contributed by atoms with E-state index in [4.69, 9.17) is 4.74 Å². The SMILES string of the molecule is CC(=O)OCC(=O)N1CCN(c2ccc(NC(=O)c3ccc(C)cc3)cn2)CC1. The lowest BCUT2D eigenvalue weighted by molar-refractivity contribution is -0.150. The smallest absolute Gasteiger partial charge is 0.303 e. The average Bonchev–Trinajstić information content (AvgIpc) is 2.73. The normalized spacial score (nSPS) is 13.7. The molecule has 1 aromatic carbocycles. The fourth-order valence-corrected chi connectivity index (χ4v) is 2.99. The van der Waals surface area contributed by atoms with Crippen LogP contribution in [0.2, 0.25) is 0 Å². The molecule has 152 valence electrons. The van der Waals surface area contributed by atoms with Crippen molar-refractivity contribution in [1.82, 2.24) is 9.88 Å². The van der Waals surface area contributed by atoms with Crippen molar-refractivity contribution in [2.45, 2.75) is 13.8 Å². The first kappa shape index (κ1) is 20.3. The standard InChI is InChI=1S/C21H24N4O4/c1-15-3-5-17(6-4-15)21(28)23-18-7-8-19(22-13-18)24-9-11-25(12-10-24)20(27)14-29-16(2)26/h3-8,13H,9-12,14H2,1-2H3,(H,23,28). The molecule has 29 heavy (non-hydrogen) atoms. The molecule has 1 aliphatic heterocycles. The number of pyridine rings is 1. The van der Waals surface area contributed by atoms with Crippen LogP contribution < -0.4 is 10.2 Å². The molecule has 0 atom stereocenters. The lowest BCUT2D eigenvalue weighted by Crippen LogP contribution is -2.50. The summed E-state index contributed by atoms with van der Waals surface area (Å²) < 4.78 is 4.76. The molecule has 8 nitrogen and oxygen atoms in total. The predicted octanol–water partition coefficient (Wildman–Crippen LogP) is 1.85. The summed E-state index contributed by atoms with van der Waals surface area (Å²) in [5, 5.41) is 2.84. The van der Waals surface area contributed by atoms with Crippen molar-refractivity contribution in [3.63, 3.8) is 0 Å². The van der Waals surface area contributed by atoms with Crippen molar-refractivity contribution in [1.29, 1.82) is 0 Å². The molecule has 3 rings (SSSR count). The summed E-state index contributed by atoms with van der Waals surface area (Å²) in [6.45, 7) is 5.37. The van der Waals surface area contributed by atoms with Gasteiger partial charge in [-0.2, -0.15) is 0 Å². The second kappa shape index (κ2) is 9.18. The minimum Gasteiger partial charge on any atom is -0.456 e. The monoisotopic (exact) mass is 396 g/mol. The molecule has 0 unspecified atom stereocenters. The number of rotatable bonds is 5. The van der Waals surface area contributed by atoms with Crippen LogP contribution in [0.3, 0.4) is 0 Å². The van der Waals surface area contributed by atoms with Gasteiger partial charge in [-0.1, -0.05) is 17.7 Å². The Kier molecular flexibility index (Phi) is 6.43. The molecular weight excluding hydrogens is 372 g/mol. The Hall–Kier alpha value is -3.42. The maximum atomic E-state index is 12.3. The fourth-order valence-electron chi connectivity index (χ4n) is 2.99. The van der Waals surface area contributed by atoms with Crippen molar-refractivity contribution < 1.29 is 19.1 Å². The molecule has 1 fully saturated rings. The third-order valence-electron chi connectivity index (χ3n) is 4.67. The Morgan fingerprint density at radius 2 is 1.72 bits per heavy atom. The van der Waals surface area contributed by atoms with E-state index in [2.05, 4.69) is 15.2 Å². The predicted molar refractivity (Wildman–Crippen MR) is 109 cm³/mol. The van der Waals surface area contributed by atoms with E-state index in [0.717, 1.165) is 11.4 Å². The maximum Gasteiger partial charge on any atom is 0.303 e. The summed E-state index contributed by atoms with van der Waals surface area (Å²) in [7, 11) is 0. The highest BCUT2D eigenvalue weighted by Gasteiger charge is 2.22. The Morgan fingerprint density at radius 1 is 1.03 bits per heavy atom. The van der Waals surface area contributed by atoms with Crippen LogP contribution >= 0.6 is 0 Å². The van der Waals surface area contributed by atoms with Gasteiger partial charge in [-0.05, 0) is 31.2 Å². The van der Waals surface area contributed by atoms with Crippen molar-refractivity contribution in [3.8, 4) is 0 Å². The van der Waals surface area contributed by atoms with Crippen LogP contribution in [-0.2, 0) is 14.3 Å². The third-order valence-corrected chi connectivity index (χ3v) is 4.67.